The van der Waals surface area contributed by atoms with E-state index in [1.54, 1.807) is 0 Å². The summed E-state index contributed by atoms with van der Waals surface area (Å²) in [5.41, 5.74) is 9.72. The van der Waals surface area contributed by atoms with Gasteiger partial charge in [0.2, 0.25) is 0 Å². The molecule has 3 heteroatoms. The molecule has 1 atom stereocenters. The van der Waals surface area contributed by atoms with E-state index in [1.807, 2.05) is 50.2 Å². The lowest BCUT2D eigenvalue weighted by Crippen LogP contribution is -1.99. The van der Waals surface area contributed by atoms with Crippen LogP contribution in [0.5, 0.6) is 0 Å². The van der Waals surface area contributed by atoms with Crippen molar-refractivity contribution in [1.29, 1.82) is 0 Å². The highest BCUT2D eigenvalue weighted by Crippen LogP contribution is 2.18. The summed E-state index contributed by atoms with van der Waals surface area (Å²) in [5, 5.41) is 0. The van der Waals surface area contributed by atoms with Crippen molar-refractivity contribution in [3.63, 3.8) is 0 Å². The van der Waals surface area contributed by atoms with Gasteiger partial charge in [0.25, 0.3) is 0 Å². The zero-order valence-corrected chi connectivity index (χ0v) is 11.5. The second-order valence-corrected chi connectivity index (χ2v) is 5.92. The van der Waals surface area contributed by atoms with Crippen LogP contribution in [0.2, 0.25) is 0 Å². The summed E-state index contributed by atoms with van der Waals surface area (Å²) in [6.07, 6.45) is 0. The zero-order valence-electron chi connectivity index (χ0n) is 10.6. The molecule has 0 bridgehead atoms. The Kier molecular flexibility index (Phi) is 3.82. The number of hydrogen-bond donors (Lipinski definition) is 1. The molecule has 2 aromatic carbocycles. The van der Waals surface area contributed by atoms with Gasteiger partial charge in [-0.3, -0.25) is 4.21 Å². The highest BCUT2D eigenvalue weighted by Gasteiger charge is 2.08. The predicted molar refractivity (Wildman–Crippen MR) is 76.9 cm³/mol. The first-order chi connectivity index (χ1) is 8.56. The SMILES string of the molecule is Cc1ccc(S(=O)Cc2cccc(N)c2)c(C)c1. The smallest absolute Gasteiger partial charge is 0.0576 e. The minimum absolute atomic E-state index is 0.509. The first-order valence-electron chi connectivity index (χ1n) is 5.86. The molecular formula is C15H17NOS. The zero-order chi connectivity index (χ0) is 13.1. The van der Waals surface area contributed by atoms with Crippen molar-refractivity contribution in [2.24, 2.45) is 0 Å². The monoisotopic (exact) mass is 259 g/mol. The van der Waals surface area contributed by atoms with Crippen LogP contribution in [-0.2, 0) is 16.6 Å². The molecule has 0 amide bonds. The summed E-state index contributed by atoms with van der Waals surface area (Å²) in [6.45, 7) is 4.04. The van der Waals surface area contributed by atoms with E-state index in [0.717, 1.165) is 16.0 Å². The lowest BCUT2D eigenvalue weighted by atomic mass is 10.2. The van der Waals surface area contributed by atoms with Crippen LogP contribution in [0.1, 0.15) is 16.7 Å². The first-order valence-corrected chi connectivity index (χ1v) is 7.18. The molecule has 0 heterocycles. The Bertz CT molecular complexity index is 593. The second-order valence-electron chi connectivity index (χ2n) is 4.50. The van der Waals surface area contributed by atoms with Gasteiger partial charge in [-0.1, -0.05) is 29.8 Å². The van der Waals surface area contributed by atoms with E-state index in [0.29, 0.717) is 11.4 Å². The number of aryl methyl sites for hydroxylation is 2. The average Bonchev–Trinajstić information content (AvgIpc) is 2.28. The molecule has 0 spiro atoms. The molecule has 94 valence electrons. The molecule has 0 aliphatic rings. The molecule has 2 N–H and O–H groups in total. The van der Waals surface area contributed by atoms with Crippen molar-refractivity contribution in [2.45, 2.75) is 24.5 Å². The number of hydrogen-bond acceptors (Lipinski definition) is 2. The minimum Gasteiger partial charge on any atom is -0.399 e. The van der Waals surface area contributed by atoms with Gasteiger partial charge >= 0.3 is 0 Å². The van der Waals surface area contributed by atoms with Crippen LogP contribution in [0.3, 0.4) is 0 Å². The van der Waals surface area contributed by atoms with Gasteiger partial charge in [0, 0.05) is 10.6 Å². The fraction of sp³-hybridized carbons (Fsp3) is 0.200. The van der Waals surface area contributed by atoms with E-state index in [-0.39, 0.29) is 0 Å². The Labute approximate surface area is 110 Å². The molecule has 0 saturated heterocycles. The van der Waals surface area contributed by atoms with Crippen molar-refractivity contribution >= 4 is 16.5 Å². The van der Waals surface area contributed by atoms with Gasteiger partial charge in [-0.05, 0) is 43.2 Å². The Balaban J connectivity index is 2.22. The highest BCUT2D eigenvalue weighted by molar-refractivity contribution is 7.84. The molecule has 0 radical (unpaired) electrons. The third-order valence-electron chi connectivity index (χ3n) is 2.82. The number of rotatable bonds is 3. The van der Waals surface area contributed by atoms with Gasteiger partial charge in [-0.2, -0.15) is 0 Å². The van der Waals surface area contributed by atoms with Gasteiger partial charge in [-0.15, -0.1) is 0 Å². The molecule has 0 aliphatic carbocycles. The van der Waals surface area contributed by atoms with Crippen molar-refractivity contribution in [3.05, 3.63) is 59.2 Å². The van der Waals surface area contributed by atoms with E-state index < -0.39 is 10.8 Å². The Morgan fingerprint density at radius 1 is 1.11 bits per heavy atom. The summed E-state index contributed by atoms with van der Waals surface area (Å²) in [7, 11) is -1.02. The molecule has 2 rings (SSSR count). The van der Waals surface area contributed by atoms with Crippen molar-refractivity contribution in [2.75, 3.05) is 5.73 Å². The summed E-state index contributed by atoms with van der Waals surface area (Å²) >= 11 is 0. The molecule has 18 heavy (non-hydrogen) atoms. The van der Waals surface area contributed by atoms with Crippen LogP contribution in [0.25, 0.3) is 0 Å². The topological polar surface area (TPSA) is 43.1 Å². The van der Waals surface area contributed by atoms with E-state index in [9.17, 15) is 4.21 Å². The molecule has 0 aromatic heterocycles. The highest BCUT2D eigenvalue weighted by atomic mass is 32.2. The van der Waals surface area contributed by atoms with Gasteiger partial charge in [0.05, 0.1) is 16.6 Å². The molecule has 0 saturated carbocycles. The lowest BCUT2D eigenvalue weighted by Gasteiger charge is -2.07. The number of nitrogens with two attached hydrogens (primary N) is 1. The van der Waals surface area contributed by atoms with Gasteiger partial charge in [0.15, 0.2) is 0 Å². The van der Waals surface area contributed by atoms with Crippen LogP contribution < -0.4 is 5.73 Å². The minimum atomic E-state index is -1.02. The third-order valence-corrected chi connectivity index (χ3v) is 4.37. The van der Waals surface area contributed by atoms with Crippen LogP contribution in [-0.4, -0.2) is 4.21 Å². The molecule has 2 nitrogen and oxygen atoms in total. The van der Waals surface area contributed by atoms with Crippen LogP contribution in [0.15, 0.2) is 47.4 Å². The second kappa shape index (κ2) is 5.36. The fourth-order valence-electron chi connectivity index (χ4n) is 1.97. The normalized spacial score (nSPS) is 12.3. The summed E-state index contributed by atoms with van der Waals surface area (Å²) in [4.78, 5) is 0.906. The third kappa shape index (κ3) is 2.99. The summed E-state index contributed by atoms with van der Waals surface area (Å²) in [5.74, 6) is 0.509. The standard InChI is InChI=1S/C15H17NOS/c1-11-6-7-15(12(2)8-11)18(17)10-13-4-3-5-14(16)9-13/h3-9H,10,16H2,1-2H3. The molecule has 2 aromatic rings. The molecular weight excluding hydrogens is 242 g/mol. The maximum atomic E-state index is 12.3. The predicted octanol–water partition coefficient (Wildman–Crippen LogP) is 3.19. The Morgan fingerprint density at radius 2 is 1.89 bits per heavy atom. The van der Waals surface area contributed by atoms with Crippen molar-refractivity contribution in [3.8, 4) is 0 Å². The van der Waals surface area contributed by atoms with Gasteiger partial charge < -0.3 is 5.73 Å². The quantitative estimate of drug-likeness (QED) is 0.860. The average molecular weight is 259 g/mol. The van der Waals surface area contributed by atoms with Gasteiger partial charge in [-0.25, -0.2) is 0 Å². The maximum Gasteiger partial charge on any atom is 0.0576 e. The van der Waals surface area contributed by atoms with Crippen LogP contribution >= 0.6 is 0 Å². The van der Waals surface area contributed by atoms with Crippen molar-refractivity contribution < 1.29 is 4.21 Å². The Hall–Kier alpha value is -1.61. The lowest BCUT2D eigenvalue weighted by molar-refractivity contribution is 0.682. The largest absolute Gasteiger partial charge is 0.399 e. The fourth-order valence-corrected chi connectivity index (χ4v) is 3.24. The maximum absolute atomic E-state index is 12.3. The molecule has 0 fully saturated rings. The van der Waals surface area contributed by atoms with E-state index in [1.165, 1.54) is 5.56 Å². The van der Waals surface area contributed by atoms with E-state index in [4.69, 9.17) is 5.73 Å². The summed E-state index contributed by atoms with van der Waals surface area (Å²) in [6, 6.07) is 13.6. The summed E-state index contributed by atoms with van der Waals surface area (Å²) < 4.78 is 12.3. The number of nitrogen functional groups attached to an aromatic ring is 1. The first kappa shape index (κ1) is 12.8. The van der Waals surface area contributed by atoms with E-state index in [2.05, 4.69) is 6.07 Å². The van der Waals surface area contributed by atoms with Crippen molar-refractivity contribution in [1.82, 2.24) is 0 Å². The number of benzene rings is 2. The molecule has 0 aliphatic heterocycles. The van der Waals surface area contributed by atoms with Crippen LogP contribution in [0.4, 0.5) is 5.69 Å². The molecule has 1 unspecified atom stereocenters. The Morgan fingerprint density at radius 3 is 2.56 bits per heavy atom. The van der Waals surface area contributed by atoms with E-state index >= 15 is 0 Å². The van der Waals surface area contributed by atoms with Crippen LogP contribution in [0, 0.1) is 13.8 Å². The number of anilines is 1. The van der Waals surface area contributed by atoms with Gasteiger partial charge in [0.1, 0.15) is 0 Å².